The summed E-state index contributed by atoms with van der Waals surface area (Å²) in [6.45, 7) is 25.3. The molecule has 186 valence electrons. The quantitative estimate of drug-likeness (QED) is 0.245. The third-order valence-corrected chi connectivity index (χ3v) is 7.30. The number of aliphatic imine (C=N–C) groups is 1. The van der Waals surface area contributed by atoms with Gasteiger partial charge in [-0.1, -0.05) is 83.3 Å². The van der Waals surface area contributed by atoms with Gasteiger partial charge in [0, 0.05) is 54.7 Å². The molecule has 2 aliphatic rings. The zero-order valence-corrected chi connectivity index (χ0v) is 22.8. The molecule has 0 aromatic carbocycles. The minimum absolute atomic E-state index is 0.0712. The lowest BCUT2D eigenvalue weighted by atomic mass is 9.86. The maximum Gasteiger partial charge on any atom is 0.0746 e. The molecule has 1 heterocycles. The zero-order chi connectivity index (χ0) is 25.5. The Morgan fingerprint density at radius 1 is 1.32 bits per heavy atom. The fourth-order valence-electron chi connectivity index (χ4n) is 3.97. The molecule has 0 spiro atoms. The van der Waals surface area contributed by atoms with Crippen molar-refractivity contribution in [3.05, 3.63) is 83.8 Å². The van der Waals surface area contributed by atoms with Gasteiger partial charge in [0.05, 0.1) is 6.10 Å². The van der Waals surface area contributed by atoms with Crippen LogP contribution in [-0.2, 0) is 4.74 Å². The highest BCUT2D eigenvalue weighted by molar-refractivity contribution is 6.30. The molecule has 3 atom stereocenters. The molecular weight excluding hydrogens is 440 g/mol. The summed E-state index contributed by atoms with van der Waals surface area (Å²) < 4.78 is 5.57. The maximum atomic E-state index is 6.80. The first kappa shape index (κ1) is 28.1. The van der Waals surface area contributed by atoms with Gasteiger partial charge in [-0.3, -0.25) is 4.99 Å². The van der Waals surface area contributed by atoms with E-state index >= 15 is 0 Å². The summed E-state index contributed by atoms with van der Waals surface area (Å²) in [5.74, 6) is 0.245. The molecule has 1 aliphatic carbocycles. The summed E-state index contributed by atoms with van der Waals surface area (Å²) in [5, 5.41) is 0.812. The molecule has 1 fully saturated rings. The van der Waals surface area contributed by atoms with E-state index in [-0.39, 0.29) is 23.4 Å². The van der Waals surface area contributed by atoms with Gasteiger partial charge in [-0.05, 0) is 54.4 Å². The molecule has 3 unspecified atom stereocenters. The van der Waals surface area contributed by atoms with Crippen LogP contribution in [0.2, 0.25) is 0 Å². The van der Waals surface area contributed by atoms with Crippen molar-refractivity contribution in [3.63, 3.8) is 0 Å². The summed E-state index contributed by atoms with van der Waals surface area (Å²) in [5.41, 5.74) is 5.40. The molecule has 3 nitrogen and oxygen atoms in total. The van der Waals surface area contributed by atoms with Crippen LogP contribution in [-0.4, -0.2) is 36.9 Å². The molecule has 2 rings (SSSR count). The minimum atomic E-state index is 0.0712. The largest absolute Gasteiger partial charge is 0.380 e. The Balaban J connectivity index is 2.08. The third-order valence-electron chi connectivity index (χ3n) is 6.93. The Morgan fingerprint density at radius 3 is 2.62 bits per heavy atom. The zero-order valence-electron chi connectivity index (χ0n) is 22.0. The smallest absolute Gasteiger partial charge is 0.0746 e. The van der Waals surface area contributed by atoms with Crippen molar-refractivity contribution >= 4 is 17.3 Å². The van der Waals surface area contributed by atoms with Gasteiger partial charge in [-0.2, -0.15) is 0 Å². The van der Waals surface area contributed by atoms with Crippen LogP contribution in [0.5, 0.6) is 0 Å². The fourth-order valence-corrected chi connectivity index (χ4v) is 4.30. The van der Waals surface area contributed by atoms with E-state index < -0.39 is 0 Å². The predicted octanol–water partition coefficient (Wildman–Crippen LogP) is 8.01. The number of hydrogen-bond acceptors (Lipinski definition) is 3. The highest BCUT2D eigenvalue weighted by Crippen LogP contribution is 2.36. The Kier molecular flexibility index (Phi) is 10.4. The van der Waals surface area contributed by atoms with Crippen molar-refractivity contribution in [2.75, 3.05) is 20.2 Å². The lowest BCUT2D eigenvalue weighted by molar-refractivity contribution is 0.0444. The van der Waals surface area contributed by atoms with Gasteiger partial charge in [0.15, 0.2) is 0 Å². The van der Waals surface area contributed by atoms with Crippen LogP contribution < -0.4 is 0 Å². The molecule has 0 amide bonds. The van der Waals surface area contributed by atoms with E-state index in [4.69, 9.17) is 16.3 Å². The predicted molar refractivity (Wildman–Crippen MR) is 149 cm³/mol. The van der Waals surface area contributed by atoms with Crippen LogP contribution in [0.25, 0.3) is 0 Å². The number of hydrogen-bond donors (Lipinski definition) is 0. The average molecular weight is 483 g/mol. The van der Waals surface area contributed by atoms with Gasteiger partial charge in [-0.15, -0.1) is 0 Å². The van der Waals surface area contributed by atoms with Crippen molar-refractivity contribution in [2.45, 2.75) is 60.0 Å². The van der Waals surface area contributed by atoms with Gasteiger partial charge in [-0.25, -0.2) is 0 Å². The van der Waals surface area contributed by atoms with Gasteiger partial charge in [0.25, 0.3) is 0 Å². The van der Waals surface area contributed by atoms with Crippen molar-refractivity contribution in [3.8, 4) is 0 Å². The number of nitrogens with zero attached hydrogens (tertiary/aromatic N) is 2. The lowest BCUT2D eigenvalue weighted by Gasteiger charge is -2.36. The Labute approximate surface area is 213 Å². The molecule has 34 heavy (non-hydrogen) atoms. The summed E-state index contributed by atoms with van der Waals surface area (Å²) >= 11 is 6.80. The first-order valence-corrected chi connectivity index (χ1v) is 12.6. The lowest BCUT2D eigenvalue weighted by Crippen LogP contribution is -2.38. The summed E-state index contributed by atoms with van der Waals surface area (Å²) in [7, 11) is 1.78. The van der Waals surface area contributed by atoms with Crippen molar-refractivity contribution < 1.29 is 4.74 Å². The van der Waals surface area contributed by atoms with E-state index in [1.54, 1.807) is 7.11 Å². The summed E-state index contributed by atoms with van der Waals surface area (Å²) in [6, 6.07) is 0. The number of ether oxygens (including phenoxy) is 1. The number of likely N-dealkylation sites (tertiary alicyclic amines) is 1. The van der Waals surface area contributed by atoms with Gasteiger partial charge in [0.2, 0.25) is 0 Å². The minimum Gasteiger partial charge on any atom is -0.380 e. The van der Waals surface area contributed by atoms with Crippen LogP contribution >= 0.6 is 11.6 Å². The number of halogens is 1. The van der Waals surface area contributed by atoms with E-state index in [0.717, 1.165) is 65.5 Å². The summed E-state index contributed by atoms with van der Waals surface area (Å²) in [6.07, 6.45) is 15.6. The molecule has 0 aromatic rings. The topological polar surface area (TPSA) is 24.8 Å². The molecule has 0 radical (unpaired) electrons. The second-order valence-corrected chi connectivity index (χ2v) is 10.8. The SMILES string of the molecule is C=C/C(=C\C(=C)C(C)/C=C\N=C(C)C(C)(C)C)C1CC=C(C(=C)N2CCCC(OC)C2)C=C1Cl. The first-order chi connectivity index (χ1) is 16.0. The normalized spacial score (nSPS) is 23.4. The van der Waals surface area contributed by atoms with Crippen molar-refractivity contribution in [1.82, 2.24) is 4.90 Å². The molecule has 0 aromatic heterocycles. The van der Waals surface area contributed by atoms with Crippen molar-refractivity contribution in [2.24, 2.45) is 22.2 Å². The Bertz CT molecular complexity index is 926. The van der Waals surface area contributed by atoms with E-state index in [0.29, 0.717) is 0 Å². The van der Waals surface area contributed by atoms with E-state index in [1.807, 2.05) is 12.3 Å². The number of piperidine rings is 1. The van der Waals surface area contributed by atoms with Crippen LogP contribution in [0.1, 0.15) is 53.9 Å². The highest BCUT2D eigenvalue weighted by Gasteiger charge is 2.25. The molecule has 1 aliphatic heterocycles. The molecule has 0 N–H and O–H groups in total. The molecular formula is C30H43ClN2O. The second kappa shape index (κ2) is 12.6. The third kappa shape index (κ3) is 7.71. The number of rotatable bonds is 9. The fraction of sp³-hybridized carbons (Fsp3) is 0.500. The van der Waals surface area contributed by atoms with Gasteiger partial charge in [0.1, 0.15) is 0 Å². The van der Waals surface area contributed by atoms with Gasteiger partial charge >= 0.3 is 0 Å². The Hall–Kier alpha value is -2.10. The van der Waals surface area contributed by atoms with E-state index in [9.17, 15) is 0 Å². The molecule has 1 saturated heterocycles. The van der Waals surface area contributed by atoms with Crippen LogP contribution in [0.15, 0.2) is 88.8 Å². The Morgan fingerprint density at radius 2 is 2.03 bits per heavy atom. The average Bonchev–Trinajstić information content (AvgIpc) is 2.81. The van der Waals surface area contributed by atoms with Crippen LogP contribution in [0.4, 0.5) is 0 Å². The van der Waals surface area contributed by atoms with Crippen molar-refractivity contribution in [1.29, 1.82) is 0 Å². The molecule has 0 saturated carbocycles. The number of methoxy groups -OCH3 is 1. The highest BCUT2D eigenvalue weighted by atomic mass is 35.5. The molecule has 4 heteroatoms. The number of allylic oxidation sites excluding steroid dienone is 8. The maximum absolute atomic E-state index is 6.80. The molecule has 0 bridgehead atoms. The standard InChI is InChI=1S/C30H43ClN2O/c1-10-25(18-22(3)21(2)15-16-32-24(5)30(6,7)8)28-14-13-26(19-29(28)31)23(4)33-17-11-12-27(20-33)34-9/h10,13,15-16,18-19,21,27-28H,1,3-4,11-12,14,17,20H2,2,5-9H3/b16-15-,25-18+,32-24?. The van der Waals surface area contributed by atoms with Crippen LogP contribution in [0, 0.1) is 17.3 Å². The monoisotopic (exact) mass is 482 g/mol. The van der Waals surface area contributed by atoms with E-state index in [1.165, 1.54) is 0 Å². The van der Waals surface area contributed by atoms with E-state index in [2.05, 4.69) is 88.6 Å². The summed E-state index contributed by atoms with van der Waals surface area (Å²) in [4.78, 5) is 6.90. The van der Waals surface area contributed by atoms with Gasteiger partial charge < -0.3 is 9.64 Å². The first-order valence-electron chi connectivity index (χ1n) is 12.3. The van der Waals surface area contributed by atoms with Crippen LogP contribution in [0.3, 0.4) is 0 Å². The second-order valence-electron chi connectivity index (χ2n) is 10.4.